The van der Waals surface area contributed by atoms with Crippen molar-refractivity contribution in [3.63, 3.8) is 0 Å². The molecule has 0 saturated heterocycles. The Balaban J connectivity index is 1.58. The van der Waals surface area contributed by atoms with Gasteiger partial charge in [0.05, 0.1) is 35.8 Å². The molecular weight excluding hydrogens is 428 g/mol. The monoisotopic (exact) mass is 456 g/mol. The second-order valence-electron chi connectivity index (χ2n) is 9.37. The maximum absolute atomic E-state index is 5.83. The first-order valence-corrected chi connectivity index (χ1v) is 11.7. The number of aryl methyl sites for hydroxylation is 4. The molecule has 1 aromatic carbocycles. The van der Waals surface area contributed by atoms with Crippen LogP contribution < -0.4 is 4.74 Å². The minimum atomic E-state index is 0.515. The van der Waals surface area contributed by atoms with Gasteiger partial charge in [-0.3, -0.25) is 4.68 Å². The van der Waals surface area contributed by atoms with Crippen LogP contribution in [0.4, 0.5) is 0 Å². The smallest absolute Gasteiger partial charge is 0.142 e. The van der Waals surface area contributed by atoms with Crippen LogP contribution in [-0.4, -0.2) is 37.0 Å². The molecule has 34 heavy (non-hydrogen) atoms. The zero-order chi connectivity index (χ0) is 23.7. The highest BCUT2D eigenvalue weighted by molar-refractivity contribution is 6.09. The second-order valence-corrected chi connectivity index (χ2v) is 9.37. The lowest BCUT2D eigenvalue weighted by molar-refractivity contribution is 0.393. The fourth-order valence-electron chi connectivity index (χ4n) is 5.05. The highest BCUT2D eigenvalue weighted by atomic mass is 16.5. The van der Waals surface area contributed by atoms with Crippen LogP contribution in [0, 0.1) is 34.6 Å². The maximum Gasteiger partial charge on any atom is 0.142 e. The number of nitrogens with one attached hydrogen (secondary N) is 1. The van der Waals surface area contributed by atoms with Crippen LogP contribution in [0.15, 0.2) is 16.7 Å². The third-order valence-electron chi connectivity index (χ3n) is 7.00. The fraction of sp³-hybridized carbons (Fsp3) is 0.385. The molecule has 0 radical (unpaired) electrons. The van der Waals surface area contributed by atoms with E-state index in [1.165, 1.54) is 24.1 Å². The zero-order valence-electron chi connectivity index (χ0n) is 20.4. The van der Waals surface area contributed by atoms with Gasteiger partial charge in [0.25, 0.3) is 0 Å². The minimum Gasteiger partial charge on any atom is -0.496 e. The van der Waals surface area contributed by atoms with Gasteiger partial charge in [-0.15, -0.1) is 0 Å². The van der Waals surface area contributed by atoms with Gasteiger partial charge in [0, 0.05) is 34.0 Å². The second kappa shape index (κ2) is 7.41. The van der Waals surface area contributed by atoms with Crippen LogP contribution >= 0.6 is 0 Å². The molecule has 0 bridgehead atoms. The Kier molecular flexibility index (Phi) is 4.56. The number of aromatic amines is 1. The van der Waals surface area contributed by atoms with Crippen molar-refractivity contribution in [2.24, 2.45) is 0 Å². The largest absolute Gasteiger partial charge is 0.496 e. The summed E-state index contributed by atoms with van der Waals surface area (Å²) in [4.78, 5) is 13.2. The molecule has 4 aromatic heterocycles. The zero-order valence-corrected chi connectivity index (χ0v) is 20.4. The summed E-state index contributed by atoms with van der Waals surface area (Å²) in [5.41, 5.74) is 9.14. The first kappa shape index (κ1) is 20.9. The number of methoxy groups -OCH3 is 1. The number of fused-ring (bicyclic) bond motifs is 3. The summed E-state index contributed by atoms with van der Waals surface area (Å²) in [6, 6.07) is 4.70. The molecule has 1 fully saturated rings. The van der Waals surface area contributed by atoms with Crippen molar-refractivity contribution in [2.45, 2.75) is 59.9 Å². The highest BCUT2D eigenvalue weighted by Crippen LogP contribution is 2.41. The standard InChI is InChI=1S/C26H28N6O2/c1-12-13(2)30-32(17-7-8-17)22(12)11-21-25-18-10-23(33-6)19(24-14(3)31-34-15(24)4)9-20(18)29-26(25)28-16(5)27-21/h9-10,17H,7-8,11H2,1-6H3,(H,27,28,29). The van der Waals surface area contributed by atoms with E-state index in [1.807, 2.05) is 20.8 Å². The van der Waals surface area contributed by atoms with Crippen molar-refractivity contribution in [3.8, 4) is 16.9 Å². The van der Waals surface area contributed by atoms with Gasteiger partial charge in [-0.1, -0.05) is 5.16 Å². The Morgan fingerprint density at radius 3 is 2.56 bits per heavy atom. The predicted molar refractivity (Wildman–Crippen MR) is 130 cm³/mol. The Hall–Kier alpha value is -3.68. The molecule has 174 valence electrons. The molecule has 0 aliphatic heterocycles. The number of hydrogen-bond donors (Lipinski definition) is 1. The number of aromatic nitrogens is 6. The van der Waals surface area contributed by atoms with Crippen molar-refractivity contribution in [1.29, 1.82) is 0 Å². The molecule has 1 saturated carbocycles. The van der Waals surface area contributed by atoms with Crippen molar-refractivity contribution < 1.29 is 9.26 Å². The summed E-state index contributed by atoms with van der Waals surface area (Å²) in [5, 5.41) is 11.0. The van der Waals surface area contributed by atoms with Gasteiger partial charge in [-0.25, -0.2) is 9.97 Å². The van der Waals surface area contributed by atoms with Crippen LogP contribution in [0.1, 0.15) is 58.8 Å². The molecule has 1 N–H and O–H groups in total. The lowest BCUT2D eigenvalue weighted by Crippen LogP contribution is -2.06. The summed E-state index contributed by atoms with van der Waals surface area (Å²) < 4.78 is 13.5. The Morgan fingerprint density at radius 2 is 1.88 bits per heavy atom. The van der Waals surface area contributed by atoms with E-state index in [2.05, 4.69) is 40.8 Å². The molecule has 0 spiro atoms. The third-order valence-corrected chi connectivity index (χ3v) is 7.00. The van der Waals surface area contributed by atoms with Crippen LogP contribution in [0.3, 0.4) is 0 Å². The first-order chi connectivity index (χ1) is 16.4. The molecule has 1 aliphatic carbocycles. The van der Waals surface area contributed by atoms with Crippen molar-refractivity contribution in [1.82, 2.24) is 29.9 Å². The number of benzene rings is 1. The fourth-order valence-corrected chi connectivity index (χ4v) is 5.05. The van der Waals surface area contributed by atoms with E-state index >= 15 is 0 Å². The summed E-state index contributed by atoms with van der Waals surface area (Å²) >= 11 is 0. The summed E-state index contributed by atoms with van der Waals surface area (Å²) in [7, 11) is 1.69. The van der Waals surface area contributed by atoms with E-state index in [4.69, 9.17) is 24.3 Å². The predicted octanol–water partition coefficient (Wildman–Crippen LogP) is 5.44. The number of rotatable bonds is 5. The molecule has 0 atom stereocenters. The molecule has 4 heterocycles. The van der Waals surface area contributed by atoms with Crippen molar-refractivity contribution >= 4 is 21.9 Å². The lowest BCUT2D eigenvalue weighted by Gasteiger charge is -2.10. The van der Waals surface area contributed by atoms with E-state index in [9.17, 15) is 0 Å². The molecule has 0 amide bonds. The molecule has 8 nitrogen and oxygen atoms in total. The van der Waals surface area contributed by atoms with E-state index in [0.717, 1.165) is 67.5 Å². The SMILES string of the molecule is COc1cc2c(cc1-c1c(C)noc1C)[nH]c1nc(C)nc(Cc3c(C)c(C)nn3C3CC3)c12. The maximum atomic E-state index is 5.83. The van der Waals surface area contributed by atoms with Gasteiger partial charge in [-0.05, 0) is 65.2 Å². The average molecular weight is 457 g/mol. The molecule has 6 rings (SSSR count). The summed E-state index contributed by atoms with van der Waals surface area (Å²) in [6.45, 7) is 10.1. The van der Waals surface area contributed by atoms with E-state index in [-0.39, 0.29) is 0 Å². The van der Waals surface area contributed by atoms with Crippen LogP contribution in [-0.2, 0) is 6.42 Å². The molecular formula is C26H28N6O2. The minimum absolute atomic E-state index is 0.515. The summed E-state index contributed by atoms with van der Waals surface area (Å²) in [5.74, 6) is 2.28. The van der Waals surface area contributed by atoms with Crippen molar-refractivity contribution in [3.05, 3.63) is 52.1 Å². The number of H-pyrrole nitrogens is 1. The number of ether oxygens (including phenoxy) is 1. The quantitative estimate of drug-likeness (QED) is 0.378. The van der Waals surface area contributed by atoms with Gasteiger partial charge in [-0.2, -0.15) is 5.10 Å². The Labute approximate surface area is 197 Å². The van der Waals surface area contributed by atoms with E-state index < -0.39 is 0 Å². The molecule has 8 heteroatoms. The van der Waals surface area contributed by atoms with Crippen LogP contribution in [0.25, 0.3) is 33.1 Å². The Morgan fingerprint density at radius 1 is 1.09 bits per heavy atom. The topological polar surface area (TPSA) is 94.7 Å². The van der Waals surface area contributed by atoms with Gasteiger partial charge < -0.3 is 14.2 Å². The van der Waals surface area contributed by atoms with E-state index in [0.29, 0.717) is 12.5 Å². The van der Waals surface area contributed by atoms with Gasteiger partial charge in [0.15, 0.2) is 0 Å². The molecule has 0 unspecified atom stereocenters. The van der Waals surface area contributed by atoms with Gasteiger partial charge in [0.1, 0.15) is 23.0 Å². The molecule has 5 aromatic rings. The van der Waals surface area contributed by atoms with Gasteiger partial charge >= 0.3 is 0 Å². The van der Waals surface area contributed by atoms with Gasteiger partial charge in [0.2, 0.25) is 0 Å². The average Bonchev–Trinajstić information content (AvgIpc) is 3.43. The number of hydrogen-bond acceptors (Lipinski definition) is 6. The third kappa shape index (κ3) is 3.12. The number of nitrogens with zero attached hydrogens (tertiary/aromatic N) is 5. The Bertz CT molecular complexity index is 1570. The lowest BCUT2D eigenvalue weighted by atomic mass is 10.00. The molecule has 1 aliphatic rings. The van der Waals surface area contributed by atoms with Crippen molar-refractivity contribution in [2.75, 3.05) is 7.11 Å². The van der Waals surface area contributed by atoms with E-state index in [1.54, 1.807) is 7.11 Å². The first-order valence-electron chi connectivity index (χ1n) is 11.7. The highest BCUT2D eigenvalue weighted by Gasteiger charge is 2.29. The summed E-state index contributed by atoms with van der Waals surface area (Å²) in [6.07, 6.45) is 3.10. The normalized spacial score (nSPS) is 13.9. The van der Waals surface area contributed by atoms with Crippen LogP contribution in [0.5, 0.6) is 5.75 Å². The van der Waals surface area contributed by atoms with Crippen LogP contribution in [0.2, 0.25) is 0 Å².